The van der Waals surface area contributed by atoms with E-state index in [-0.39, 0.29) is 42.0 Å². The van der Waals surface area contributed by atoms with Gasteiger partial charge in [0.05, 0.1) is 0 Å². The monoisotopic (exact) mass is 492 g/mol. The van der Waals surface area contributed by atoms with Gasteiger partial charge in [-0.1, -0.05) is 128 Å². The molecule has 2 aliphatic heterocycles. The summed E-state index contributed by atoms with van der Waals surface area (Å²) in [6.07, 6.45) is 0. The first-order chi connectivity index (χ1) is 18.7. The lowest BCUT2D eigenvalue weighted by molar-refractivity contribution is 0.749. The smallest absolute Gasteiger partial charge is 0.357 e. The largest absolute Gasteiger partial charge is 0.368 e. The van der Waals surface area contributed by atoms with E-state index >= 15 is 0 Å². The Hall–Kier alpha value is -2.97. The van der Waals surface area contributed by atoms with Crippen molar-refractivity contribution in [2.75, 3.05) is 7.05 Å². The average Bonchev–Trinajstić information content (AvgIpc) is 2.99. The van der Waals surface area contributed by atoms with E-state index in [2.05, 4.69) is 165 Å². The van der Waals surface area contributed by atoms with Crippen molar-refractivity contribution in [1.82, 2.24) is 29.9 Å². The Morgan fingerprint density at radius 3 is 1.11 bits per heavy atom. The van der Waals surface area contributed by atoms with Crippen LogP contribution in [0.25, 0.3) is 0 Å². The summed E-state index contributed by atoms with van der Waals surface area (Å²) < 4.78 is 4.88. The van der Waals surface area contributed by atoms with Crippen LogP contribution in [0.3, 0.4) is 0 Å². The van der Waals surface area contributed by atoms with Gasteiger partial charge in [0.2, 0.25) is 0 Å². The average molecular weight is 491 g/mol. The lowest BCUT2D eigenvalue weighted by Crippen LogP contribution is -2.92. The molecule has 0 unspecified atom stereocenters. The molecule has 2 aliphatic rings. The fourth-order valence-corrected chi connectivity index (χ4v) is 5.79. The van der Waals surface area contributed by atoms with Crippen LogP contribution >= 0.6 is 0 Å². The highest BCUT2D eigenvalue weighted by atomic mass is 15.3. The van der Waals surface area contributed by atoms with E-state index < -0.39 is 0 Å². The van der Waals surface area contributed by atoms with Gasteiger partial charge >= 0.3 is 35.0 Å². The standard InChI is InChI=1S/C26H30B6N6/c1-27-33-30(25-19-11-5-12-20-25)38(31(34-27)26-21-13-6-14-22-26)32-35-28(23-15-7-3-8-16-23)37(2)29(36-32)24-17-9-4-10-18-24/h3-22,33-36H,1-2H3. The third kappa shape index (κ3) is 5.16. The van der Waals surface area contributed by atoms with Crippen molar-refractivity contribution in [2.24, 2.45) is 0 Å². The van der Waals surface area contributed by atoms with E-state index in [1.165, 1.54) is 21.9 Å². The minimum absolute atomic E-state index is 0.0138. The normalized spacial score (nSPS) is 17.3. The van der Waals surface area contributed by atoms with Crippen molar-refractivity contribution < 1.29 is 0 Å². The molecule has 0 bridgehead atoms. The van der Waals surface area contributed by atoms with Gasteiger partial charge in [-0.05, 0) is 28.9 Å². The van der Waals surface area contributed by atoms with Gasteiger partial charge in [-0.2, -0.15) is 0 Å². The molecule has 0 aliphatic carbocycles. The van der Waals surface area contributed by atoms with E-state index in [1.54, 1.807) is 0 Å². The zero-order valence-electron chi connectivity index (χ0n) is 21.9. The first-order valence-electron chi connectivity index (χ1n) is 13.4. The predicted molar refractivity (Wildman–Crippen MR) is 167 cm³/mol. The van der Waals surface area contributed by atoms with Crippen LogP contribution in [0.2, 0.25) is 6.82 Å². The molecular formula is C26H30B6N6. The third-order valence-corrected chi connectivity index (χ3v) is 7.62. The van der Waals surface area contributed by atoms with Gasteiger partial charge in [0.25, 0.3) is 6.98 Å². The number of hydrogen-bond donors (Lipinski definition) is 4. The van der Waals surface area contributed by atoms with Crippen LogP contribution < -0.4 is 42.4 Å². The summed E-state index contributed by atoms with van der Waals surface area (Å²) in [5.41, 5.74) is 4.94. The van der Waals surface area contributed by atoms with Crippen LogP contribution in [0.5, 0.6) is 0 Å². The van der Waals surface area contributed by atoms with Crippen LogP contribution in [0, 0.1) is 0 Å². The number of hydrogen-bond acceptors (Lipinski definition) is 6. The summed E-state index contributed by atoms with van der Waals surface area (Å²) >= 11 is 0. The second-order valence-electron chi connectivity index (χ2n) is 10.2. The molecule has 0 aromatic heterocycles. The summed E-state index contributed by atoms with van der Waals surface area (Å²) in [5, 5.41) is 15.6. The van der Waals surface area contributed by atoms with Gasteiger partial charge < -0.3 is 29.9 Å². The Morgan fingerprint density at radius 2 is 0.763 bits per heavy atom. The second kappa shape index (κ2) is 11.4. The molecule has 38 heavy (non-hydrogen) atoms. The van der Waals surface area contributed by atoms with Gasteiger partial charge in [-0.3, -0.25) is 0 Å². The topological polar surface area (TPSA) is 54.6 Å². The van der Waals surface area contributed by atoms with Gasteiger partial charge in [0.15, 0.2) is 0 Å². The summed E-state index contributed by atoms with van der Waals surface area (Å²) in [4.78, 5) is 0. The summed E-state index contributed by atoms with van der Waals surface area (Å²) in [5.74, 6) is 0. The Kier molecular flexibility index (Phi) is 7.60. The fraction of sp³-hybridized carbons (Fsp3) is 0.0769. The molecule has 4 aromatic carbocycles. The minimum atomic E-state index is -0.149. The summed E-state index contributed by atoms with van der Waals surface area (Å²) in [6, 6.07) is 42.9. The first kappa shape index (κ1) is 25.3. The van der Waals surface area contributed by atoms with Crippen LogP contribution in [0.1, 0.15) is 0 Å². The molecule has 0 spiro atoms. The molecule has 0 radical (unpaired) electrons. The van der Waals surface area contributed by atoms with Crippen LogP contribution in [0.4, 0.5) is 0 Å². The third-order valence-electron chi connectivity index (χ3n) is 7.62. The van der Waals surface area contributed by atoms with Crippen molar-refractivity contribution in [1.29, 1.82) is 0 Å². The first-order valence-corrected chi connectivity index (χ1v) is 13.4. The molecule has 2 saturated heterocycles. The molecular weight excluding hydrogens is 461 g/mol. The van der Waals surface area contributed by atoms with Crippen LogP contribution in [0.15, 0.2) is 121 Å². The Morgan fingerprint density at radius 1 is 0.447 bits per heavy atom. The molecule has 4 aromatic rings. The Bertz CT molecular complexity index is 1210. The minimum Gasteiger partial charge on any atom is -0.368 e. The van der Waals surface area contributed by atoms with Crippen molar-refractivity contribution in [3.63, 3.8) is 0 Å². The molecule has 0 saturated carbocycles. The quantitative estimate of drug-likeness (QED) is 0.277. The number of rotatable bonds is 5. The molecule has 4 N–H and O–H groups in total. The van der Waals surface area contributed by atoms with Crippen LogP contribution in [-0.4, -0.2) is 58.4 Å². The highest BCUT2D eigenvalue weighted by molar-refractivity contribution is 7.05. The van der Waals surface area contributed by atoms with Crippen molar-refractivity contribution >= 4 is 63.9 Å². The molecule has 6 rings (SSSR count). The molecule has 2 fully saturated rings. The van der Waals surface area contributed by atoms with E-state index in [0.717, 1.165) is 0 Å². The van der Waals surface area contributed by atoms with E-state index in [9.17, 15) is 0 Å². The summed E-state index contributed by atoms with van der Waals surface area (Å²) in [7, 11) is 2.04. The molecule has 12 heteroatoms. The maximum atomic E-state index is 3.96. The zero-order chi connectivity index (χ0) is 25.9. The highest BCUT2D eigenvalue weighted by Gasteiger charge is 2.52. The van der Waals surface area contributed by atoms with E-state index in [1.807, 2.05) is 0 Å². The van der Waals surface area contributed by atoms with E-state index in [0.29, 0.717) is 0 Å². The molecule has 0 atom stereocenters. The van der Waals surface area contributed by atoms with Gasteiger partial charge in [0, 0.05) is 0 Å². The molecule has 0 amide bonds. The van der Waals surface area contributed by atoms with Crippen molar-refractivity contribution in [3.05, 3.63) is 121 Å². The maximum absolute atomic E-state index is 3.96. The molecule has 182 valence electrons. The van der Waals surface area contributed by atoms with Crippen molar-refractivity contribution in [2.45, 2.75) is 6.82 Å². The zero-order valence-corrected chi connectivity index (χ0v) is 21.9. The van der Waals surface area contributed by atoms with Gasteiger partial charge in [-0.15, -0.1) is 0 Å². The number of benzene rings is 4. The molecule has 2 heterocycles. The maximum Gasteiger partial charge on any atom is 0.357 e. The predicted octanol–water partition coefficient (Wildman–Crippen LogP) is -0.710. The number of nitrogens with one attached hydrogen (secondary N) is 4. The second-order valence-corrected chi connectivity index (χ2v) is 10.2. The summed E-state index contributed by atoms with van der Waals surface area (Å²) in [6.45, 7) is 2.32. The lowest BCUT2D eigenvalue weighted by Gasteiger charge is -2.50. The Balaban J connectivity index is 1.45. The van der Waals surface area contributed by atoms with Crippen molar-refractivity contribution in [3.8, 4) is 0 Å². The van der Waals surface area contributed by atoms with Gasteiger partial charge in [0.1, 0.15) is 0 Å². The highest BCUT2D eigenvalue weighted by Crippen LogP contribution is 2.10. The lowest BCUT2D eigenvalue weighted by atomic mass is 9.36. The SMILES string of the molecule is CB1NB(c2ccccc2)N(B2NB(c3ccccc3)N(C)B(c3ccccc3)N2)B(c2ccccc2)N1. The van der Waals surface area contributed by atoms with E-state index in [4.69, 9.17) is 0 Å². The van der Waals surface area contributed by atoms with Crippen LogP contribution in [-0.2, 0) is 0 Å². The fourth-order valence-electron chi connectivity index (χ4n) is 5.79. The Labute approximate surface area is 228 Å². The number of nitrogens with zero attached hydrogens (tertiary/aromatic N) is 2. The molecule has 6 nitrogen and oxygen atoms in total. The van der Waals surface area contributed by atoms with Gasteiger partial charge in [-0.25, -0.2) is 0 Å².